The van der Waals surface area contributed by atoms with Gasteiger partial charge >= 0.3 is 6.03 Å². The molecular weight excluding hydrogens is 528 g/mol. The molecule has 1 heterocycles. The van der Waals surface area contributed by atoms with Crippen molar-refractivity contribution in [1.82, 2.24) is 5.32 Å². The van der Waals surface area contributed by atoms with Crippen LogP contribution in [0.5, 0.6) is 11.5 Å². The molecule has 1 fully saturated rings. The van der Waals surface area contributed by atoms with E-state index in [0.29, 0.717) is 34.9 Å². The molecule has 4 amide bonds. The molecule has 4 aromatic carbocycles. The number of amides is 4. The molecule has 0 unspecified atom stereocenters. The Labute approximate surface area is 237 Å². The van der Waals surface area contributed by atoms with Crippen LogP contribution in [0.15, 0.2) is 78.4 Å². The number of nitrogens with zero attached hydrogens (tertiary/aromatic N) is 1. The number of anilines is 1. The SMILES string of the molecule is CCOc1cc(/C=C2\C(=O)NC(=O)N(c3ccccc3C)C2=O)cc(Cl)c1OCc1c(C)ccc2ccccc12. The van der Waals surface area contributed by atoms with Gasteiger partial charge in [-0.05, 0) is 72.5 Å². The molecule has 0 spiro atoms. The monoisotopic (exact) mass is 554 g/mol. The van der Waals surface area contributed by atoms with Crippen LogP contribution in [0.4, 0.5) is 10.5 Å². The number of rotatable bonds is 7. The fourth-order valence-electron chi connectivity index (χ4n) is 4.71. The van der Waals surface area contributed by atoms with E-state index in [9.17, 15) is 14.4 Å². The Morgan fingerprint density at radius 2 is 1.65 bits per heavy atom. The Kier molecular flexibility index (Phi) is 7.58. The normalized spacial score (nSPS) is 14.6. The summed E-state index contributed by atoms with van der Waals surface area (Å²) in [4.78, 5) is 39.6. The number of carbonyl (C=O) groups is 3. The van der Waals surface area contributed by atoms with Gasteiger partial charge < -0.3 is 9.47 Å². The second-order valence-electron chi connectivity index (χ2n) is 9.38. The Morgan fingerprint density at radius 1 is 0.900 bits per heavy atom. The van der Waals surface area contributed by atoms with Gasteiger partial charge in [0.2, 0.25) is 0 Å². The fraction of sp³-hybridized carbons (Fsp3) is 0.156. The highest BCUT2D eigenvalue weighted by Gasteiger charge is 2.37. The smallest absolute Gasteiger partial charge is 0.335 e. The molecule has 0 atom stereocenters. The number of para-hydroxylation sites is 1. The molecule has 4 aromatic rings. The van der Waals surface area contributed by atoms with E-state index in [2.05, 4.69) is 29.6 Å². The van der Waals surface area contributed by atoms with Crippen LogP contribution in [0.2, 0.25) is 5.02 Å². The average molecular weight is 555 g/mol. The van der Waals surface area contributed by atoms with E-state index in [1.54, 1.807) is 43.3 Å². The maximum atomic E-state index is 13.4. The summed E-state index contributed by atoms with van der Waals surface area (Å²) in [6.45, 7) is 6.25. The molecule has 1 aliphatic rings. The zero-order chi connectivity index (χ0) is 28.4. The summed E-state index contributed by atoms with van der Waals surface area (Å²) >= 11 is 6.67. The maximum absolute atomic E-state index is 13.4. The molecule has 8 heteroatoms. The van der Waals surface area contributed by atoms with E-state index < -0.39 is 17.8 Å². The van der Waals surface area contributed by atoms with Crippen molar-refractivity contribution in [3.63, 3.8) is 0 Å². The molecule has 0 radical (unpaired) electrons. The first-order chi connectivity index (χ1) is 19.3. The highest BCUT2D eigenvalue weighted by atomic mass is 35.5. The predicted molar refractivity (Wildman–Crippen MR) is 156 cm³/mol. The van der Waals surface area contributed by atoms with Gasteiger partial charge in [-0.1, -0.05) is 66.2 Å². The first-order valence-corrected chi connectivity index (χ1v) is 13.2. The van der Waals surface area contributed by atoms with Crippen LogP contribution in [0.3, 0.4) is 0 Å². The van der Waals surface area contributed by atoms with Crippen molar-refractivity contribution in [3.8, 4) is 11.5 Å². The van der Waals surface area contributed by atoms with Crippen molar-refractivity contribution < 1.29 is 23.9 Å². The fourth-order valence-corrected chi connectivity index (χ4v) is 4.99. The quantitative estimate of drug-likeness (QED) is 0.202. The minimum Gasteiger partial charge on any atom is -0.490 e. The third kappa shape index (κ3) is 5.16. The van der Waals surface area contributed by atoms with Crippen molar-refractivity contribution in [2.75, 3.05) is 11.5 Å². The maximum Gasteiger partial charge on any atom is 0.335 e. The highest BCUT2D eigenvalue weighted by Crippen LogP contribution is 2.39. The van der Waals surface area contributed by atoms with Crippen LogP contribution in [-0.4, -0.2) is 24.5 Å². The standard InChI is InChI=1S/C32H27ClN2O5/c1-4-39-28-17-21(15-24-30(36)34-32(38)35(31(24)37)27-12-8-5-9-20(27)3)16-26(33)29(28)40-18-25-19(2)13-14-22-10-6-7-11-23(22)25/h5-17H,4,18H2,1-3H3,(H,34,36,38)/b24-15+. The minimum atomic E-state index is -0.804. The number of barbiturate groups is 1. The third-order valence-electron chi connectivity index (χ3n) is 6.74. The van der Waals surface area contributed by atoms with Gasteiger partial charge in [0.1, 0.15) is 12.2 Å². The molecule has 40 heavy (non-hydrogen) atoms. The molecular formula is C32H27ClN2O5. The number of aryl methyl sites for hydroxylation is 2. The number of imide groups is 2. The molecule has 202 valence electrons. The van der Waals surface area contributed by atoms with Crippen molar-refractivity contribution in [3.05, 3.63) is 106 Å². The summed E-state index contributed by atoms with van der Waals surface area (Å²) in [5.74, 6) is -0.797. The summed E-state index contributed by atoms with van der Waals surface area (Å²) in [6.07, 6.45) is 1.39. The van der Waals surface area contributed by atoms with Crippen molar-refractivity contribution in [2.24, 2.45) is 0 Å². The van der Waals surface area contributed by atoms with Crippen molar-refractivity contribution in [2.45, 2.75) is 27.4 Å². The molecule has 0 aromatic heterocycles. The van der Waals surface area contributed by atoms with Crippen molar-refractivity contribution >= 4 is 52.0 Å². The minimum absolute atomic E-state index is 0.207. The van der Waals surface area contributed by atoms with Crippen LogP contribution in [-0.2, 0) is 16.2 Å². The predicted octanol–water partition coefficient (Wildman–Crippen LogP) is 6.75. The number of ether oxygens (including phenoxy) is 2. The topological polar surface area (TPSA) is 84.9 Å². The van der Waals surface area contributed by atoms with Gasteiger partial charge in [-0.2, -0.15) is 0 Å². The summed E-state index contributed by atoms with van der Waals surface area (Å²) in [5.41, 5.74) is 3.46. The lowest BCUT2D eigenvalue weighted by Gasteiger charge is -2.27. The molecule has 5 rings (SSSR count). The van der Waals surface area contributed by atoms with Gasteiger partial charge in [-0.15, -0.1) is 0 Å². The highest BCUT2D eigenvalue weighted by molar-refractivity contribution is 6.39. The Bertz CT molecular complexity index is 1690. The van der Waals surface area contributed by atoms with Crippen LogP contribution in [0.25, 0.3) is 16.8 Å². The van der Waals surface area contributed by atoms with Crippen LogP contribution in [0, 0.1) is 13.8 Å². The third-order valence-corrected chi connectivity index (χ3v) is 7.02. The van der Waals surface area contributed by atoms with E-state index in [0.717, 1.165) is 26.8 Å². The van der Waals surface area contributed by atoms with Gasteiger partial charge in [0.05, 0.1) is 17.3 Å². The molecule has 1 N–H and O–H groups in total. The lowest BCUT2D eigenvalue weighted by Crippen LogP contribution is -2.54. The van der Waals surface area contributed by atoms with Gasteiger partial charge in [0.25, 0.3) is 11.8 Å². The van der Waals surface area contributed by atoms with Crippen molar-refractivity contribution in [1.29, 1.82) is 0 Å². The summed E-state index contributed by atoms with van der Waals surface area (Å²) in [6, 6.07) is 21.6. The van der Waals surface area contributed by atoms with Crippen LogP contribution < -0.4 is 19.7 Å². The largest absolute Gasteiger partial charge is 0.490 e. The molecule has 0 aliphatic carbocycles. The summed E-state index contributed by atoms with van der Waals surface area (Å²) in [5, 5.41) is 4.71. The number of fused-ring (bicyclic) bond motifs is 1. The zero-order valence-electron chi connectivity index (χ0n) is 22.3. The van der Waals surface area contributed by atoms with Gasteiger partial charge in [-0.3, -0.25) is 14.9 Å². The lowest BCUT2D eigenvalue weighted by atomic mass is 10.0. The number of benzene rings is 4. The number of urea groups is 1. The summed E-state index contributed by atoms with van der Waals surface area (Å²) in [7, 11) is 0. The van der Waals surface area contributed by atoms with Gasteiger partial charge in [0.15, 0.2) is 11.5 Å². The van der Waals surface area contributed by atoms with Crippen LogP contribution >= 0.6 is 11.6 Å². The number of hydrogen-bond acceptors (Lipinski definition) is 5. The Balaban J connectivity index is 1.49. The van der Waals surface area contributed by atoms with E-state index in [1.807, 2.05) is 26.0 Å². The first kappa shape index (κ1) is 27.0. The van der Waals surface area contributed by atoms with E-state index >= 15 is 0 Å². The van der Waals surface area contributed by atoms with Gasteiger partial charge in [0, 0.05) is 5.56 Å². The summed E-state index contributed by atoms with van der Waals surface area (Å²) < 4.78 is 12.1. The Hall–Kier alpha value is -4.62. The Morgan fingerprint density at radius 3 is 2.42 bits per heavy atom. The second-order valence-corrected chi connectivity index (χ2v) is 9.79. The van der Waals surface area contributed by atoms with Crippen LogP contribution in [0.1, 0.15) is 29.2 Å². The molecule has 0 bridgehead atoms. The second kappa shape index (κ2) is 11.2. The molecule has 7 nitrogen and oxygen atoms in total. The number of carbonyl (C=O) groups excluding carboxylic acids is 3. The number of halogens is 1. The lowest BCUT2D eigenvalue weighted by molar-refractivity contribution is -0.122. The van der Waals surface area contributed by atoms with E-state index in [-0.39, 0.29) is 17.2 Å². The van der Waals surface area contributed by atoms with E-state index in [4.69, 9.17) is 21.1 Å². The zero-order valence-corrected chi connectivity index (χ0v) is 23.0. The molecule has 1 saturated heterocycles. The average Bonchev–Trinajstić information content (AvgIpc) is 2.92. The molecule has 0 saturated carbocycles. The molecule has 1 aliphatic heterocycles. The van der Waals surface area contributed by atoms with E-state index in [1.165, 1.54) is 6.08 Å². The number of nitrogens with one attached hydrogen (secondary N) is 1. The first-order valence-electron chi connectivity index (χ1n) is 12.8. The van der Waals surface area contributed by atoms with Gasteiger partial charge in [-0.25, -0.2) is 9.69 Å². The number of hydrogen-bond donors (Lipinski definition) is 1.